The van der Waals surface area contributed by atoms with Crippen LogP contribution < -0.4 is 0 Å². The highest BCUT2D eigenvalue weighted by atomic mass is 32.1. The van der Waals surface area contributed by atoms with Gasteiger partial charge >= 0.3 is 0 Å². The Balaban J connectivity index is 2.67. The minimum atomic E-state index is 0.0534. The zero-order valence-electron chi connectivity index (χ0n) is 8.29. The minimum absolute atomic E-state index is 0.0534. The highest BCUT2D eigenvalue weighted by Gasteiger charge is 2.26. The van der Waals surface area contributed by atoms with Crippen LogP contribution in [0.3, 0.4) is 0 Å². The van der Waals surface area contributed by atoms with Crippen molar-refractivity contribution >= 4 is 11.3 Å². The first-order chi connectivity index (χ1) is 6.26. The number of nitrogens with zero attached hydrogens (tertiary/aromatic N) is 1. The smallest absolute Gasteiger partial charge is 0.0931 e. The van der Waals surface area contributed by atoms with Crippen molar-refractivity contribution in [2.45, 2.75) is 33.1 Å². The average Bonchev–Trinajstić information content (AvgIpc) is 2.67. The number of aliphatic hydroxyl groups excluding tert-OH is 1. The SMILES string of the molecule is CCC(CC)(CO)Cc1nccs1. The van der Waals surface area contributed by atoms with E-state index in [0.29, 0.717) is 0 Å². The third-order valence-corrected chi connectivity index (χ3v) is 3.62. The van der Waals surface area contributed by atoms with Gasteiger partial charge in [0.15, 0.2) is 0 Å². The molecule has 1 N–H and O–H groups in total. The van der Waals surface area contributed by atoms with E-state index in [1.165, 1.54) is 0 Å². The fourth-order valence-corrected chi connectivity index (χ4v) is 2.23. The second-order valence-electron chi connectivity index (χ2n) is 3.47. The summed E-state index contributed by atoms with van der Waals surface area (Å²) in [5, 5.41) is 12.5. The van der Waals surface area contributed by atoms with Crippen molar-refractivity contribution in [2.24, 2.45) is 5.41 Å². The third kappa shape index (κ3) is 2.51. The topological polar surface area (TPSA) is 33.1 Å². The Morgan fingerprint density at radius 3 is 2.54 bits per heavy atom. The summed E-state index contributed by atoms with van der Waals surface area (Å²) >= 11 is 1.67. The molecule has 0 fully saturated rings. The Labute approximate surface area is 83.6 Å². The van der Waals surface area contributed by atoms with E-state index < -0.39 is 0 Å². The van der Waals surface area contributed by atoms with Crippen molar-refractivity contribution in [1.29, 1.82) is 0 Å². The predicted octanol–water partition coefficient (Wildman–Crippen LogP) is 2.48. The third-order valence-electron chi connectivity index (χ3n) is 2.85. The van der Waals surface area contributed by atoms with Crippen LogP contribution in [0.15, 0.2) is 11.6 Å². The molecule has 0 radical (unpaired) electrons. The van der Waals surface area contributed by atoms with Crippen LogP contribution in [-0.4, -0.2) is 16.7 Å². The molecule has 0 aliphatic heterocycles. The lowest BCUT2D eigenvalue weighted by molar-refractivity contribution is 0.115. The van der Waals surface area contributed by atoms with Crippen LogP contribution in [-0.2, 0) is 6.42 Å². The lowest BCUT2D eigenvalue weighted by Gasteiger charge is -2.28. The summed E-state index contributed by atoms with van der Waals surface area (Å²) in [6.45, 7) is 4.53. The summed E-state index contributed by atoms with van der Waals surface area (Å²) in [4.78, 5) is 4.25. The maximum atomic E-state index is 9.35. The van der Waals surface area contributed by atoms with E-state index in [2.05, 4.69) is 18.8 Å². The fraction of sp³-hybridized carbons (Fsp3) is 0.700. The van der Waals surface area contributed by atoms with Crippen LogP contribution in [0.5, 0.6) is 0 Å². The van der Waals surface area contributed by atoms with Gasteiger partial charge in [0.1, 0.15) is 0 Å². The van der Waals surface area contributed by atoms with E-state index in [4.69, 9.17) is 0 Å². The largest absolute Gasteiger partial charge is 0.396 e. The van der Waals surface area contributed by atoms with E-state index >= 15 is 0 Å². The molecule has 3 heteroatoms. The van der Waals surface area contributed by atoms with E-state index in [1.54, 1.807) is 11.3 Å². The molecule has 13 heavy (non-hydrogen) atoms. The molecular formula is C10H17NOS. The van der Waals surface area contributed by atoms with Gasteiger partial charge in [0.05, 0.1) is 5.01 Å². The zero-order chi connectivity index (χ0) is 9.73. The Morgan fingerprint density at radius 1 is 1.46 bits per heavy atom. The van der Waals surface area contributed by atoms with Crippen molar-refractivity contribution in [2.75, 3.05) is 6.61 Å². The molecule has 0 atom stereocenters. The molecule has 0 aromatic carbocycles. The van der Waals surface area contributed by atoms with Crippen molar-refractivity contribution in [3.63, 3.8) is 0 Å². The van der Waals surface area contributed by atoms with Gasteiger partial charge in [-0.3, -0.25) is 0 Å². The molecule has 0 saturated heterocycles. The van der Waals surface area contributed by atoms with Crippen LogP contribution in [0.2, 0.25) is 0 Å². The van der Waals surface area contributed by atoms with Gasteiger partial charge in [0, 0.05) is 24.6 Å². The second-order valence-corrected chi connectivity index (χ2v) is 4.45. The maximum absolute atomic E-state index is 9.35. The van der Waals surface area contributed by atoms with Crippen molar-refractivity contribution in [3.05, 3.63) is 16.6 Å². The van der Waals surface area contributed by atoms with Gasteiger partial charge in [0.2, 0.25) is 0 Å². The second kappa shape index (κ2) is 4.72. The molecule has 1 aromatic heterocycles. The summed E-state index contributed by atoms with van der Waals surface area (Å²) < 4.78 is 0. The van der Waals surface area contributed by atoms with E-state index in [9.17, 15) is 5.11 Å². The Bertz CT molecular complexity index is 221. The molecule has 74 valence electrons. The molecule has 0 aliphatic rings. The normalized spacial score (nSPS) is 11.9. The summed E-state index contributed by atoms with van der Waals surface area (Å²) in [6, 6.07) is 0. The zero-order valence-corrected chi connectivity index (χ0v) is 9.10. The van der Waals surface area contributed by atoms with Gasteiger partial charge in [-0.1, -0.05) is 13.8 Å². The standard InChI is InChI=1S/C10H17NOS/c1-3-10(4-2,8-12)7-9-11-5-6-13-9/h5-6,12H,3-4,7-8H2,1-2H3. The monoisotopic (exact) mass is 199 g/mol. The van der Waals surface area contributed by atoms with E-state index in [-0.39, 0.29) is 12.0 Å². The molecule has 1 rings (SSSR count). The van der Waals surface area contributed by atoms with Crippen LogP contribution in [0.25, 0.3) is 0 Å². The van der Waals surface area contributed by atoms with Crippen LogP contribution in [0.4, 0.5) is 0 Å². The number of aliphatic hydroxyl groups is 1. The summed E-state index contributed by atoms with van der Waals surface area (Å²) in [5.41, 5.74) is 0.0534. The molecule has 1 aromatic rings. The van der Waals surface area contributed by atoms with Crippen molar-refractivity contribution in [1.82, 2.24) is 4.98 Å². The van der Waals surface area contributed by atoms with Gasteiger partial charge in [0.25, 0.3) is 0 Å². The summed E-state index contributed by atoms with van der Waals surface area (Å²) in [7, 11) is 0. The first-order valence-electron chi connectivity index (χ1n) is 4.75. The molecule has 0 spiro atoms. The quantitative estimate of drug-likeness (QED) is 0.790. The van der Waals surface area contributed by atoms with Crippen LogP contribution in [0.1, 0.15) is 31.7 Å². The van der Waals surface area contributed by atoms with Crippen molar-refractivity contribution < 1.29 is 5.11 Å². The molecule has 1 heterocycles. The van der Waals surface area contributed by atoms with Crippen LogP contribution >= 0.6 is 11.3 Å². The van der Waals surface area contributed by atoms with Gasteiger partial charge in [-0.15, -0.1) is 11.3 Å². The van der Waals surface area contributed by atoms with Gasteiger partial charge < -0.3 is 5.11 Å². The molecule has 0 aliphatic carbocycles. The maximum Gasteiger partial charge on any atom is 0.0931 e. The molecular weight excluding hydrogens is 182 g/mol. The molecule has 0 unspecified atom stereocenters. The highest BCUT2D eigenvalue weighted by molar-refractivity contribution is 7.09. The lowest BCUT2D eigenvalue weighted by atomic mass is 9.80. The highest BCUT2D eigenvalue weighted by Crippen LogP contribution is 2.30. The Hall–Kier alpha value is -0.410. The first-order valence-corrected chi connectivity index (χ1v) is 5.63. The van der Waals surface area contributed by atoms with Gasteiger partial charge in [-0.2, -0.15) is 0 Å². The fourth-order valence-electron chi connectivity index (χ4n) is 1.44. The molecule has 0 amide bonds. The Kier molecular flexibility index (Phi) is 3.88. The number of hydrogen-bond acceptors (Lipinski definition) is 3. The molecule has 0 bridgehead atoms. The molecule has 2 nitrogen and oxygen atoms in total. The van der Waals surface area contributed by atoms with E-state index in [1.807, 2.05) is 11.6 Å². The number of thiazole rings is 1. The summed E-state index contributed by atoms with van der Waals surface area (Å²) in [6.07, 6.45) is 4.76. The van der Waals surface area contributed by atoms with Crippen LogP contribution in [0, 0.1) is 5.41 Å². The number of aromatic nitrogens is 1. The first kappa shape index (κ1) is 10.7. The Morgan fingerprint density at radius 2 is 2.15 bits per heavy atom. The van der Waals surface area contributed by atoms with Crippen molar-refractivity contribution in [3.8, 4) is 0 Å². The van der Waals surface area contributed by atoms with Gasteiger partial charge in [-0.05, 0) is 18.3 Å². The number of rotatable bonds is 5. The minimum Gasteiger partial charge on any atom is -0.396 e. The average molecular weight is 199 g/mol. The van der Waals surface area contributed by atoms with E-state index in [0.717, 1.165) is 24.3 Å². The predicted molar refractivity (Wildman–Crippen MR) is 55.9 cm³/mol. The molecule has 0 saturated carbocycles. The summed E-state index contributed by atoms with van der Waals surface area (Å²) in [5.74, 6) is 0. The van der Waals surface area contributed by atoms with Gasteiger partial charge in [-0.25, -0.2) is 4.98 Å². The lowest BCUT2D eigenvalue weighted by Crippen LogP contribution is -2.26. The number of hydrogen-bond donors (Lipinski definition) is 1.